The number of likely N-dealkylation sites (N-methyl/N-ethyl adjacent to an activating group) is 1. The maximum atomic E-state index is 13.2. The van der Waals surface area contributed by atoms with Gasteiger partial charge in [0.2, 0.25) is 5.91 Å². The van der Waals surface area contributed by atoms with Crippen LogP contribution in [0.4, 0.5) is 11.4 Å². The van der Waals surface area contributed by atoms with Gasteiger partial charge in [-0.15, -0.1) is 0 Å². The molecule has 7 heteroatoms. The van der Waals surface area contributed by atoms with Crippen LogP contribution in [0.5, 0.6) is 0 Å². The molecule has 1 saturated heterocycles. The van der Waals surface area contributed by atoms with Crippen LogP contribution >= 0.6 is 0 Å². The van der Waals surface area contributed by atoms with Crippen molar-refractivity contribution in [3.8, 4) is 0 Å². The molecule has 0 N–H and O–H groups in total. The molecule has 0 bridgehead atoms. The summed E-state index contributed by atoms with van der Waals surface area (Å²) in [7, 11) is -2.01. The van der Waals surface area contributed by atoms with Gasteiger partial charge in [0.05, 0.1) is 10.6 Å². The second-order valence-electron chi connectivity index (χ2n) is 8.22. The summed E-state index contributed by atoms with van der Waals surface area (Å²) in [5.41, 5.74) is 2.81. The second kappa shape index (κ2) is 7.57. The van der Waals surface area contributed by atoms with E-state index < -0.39 is 10.0 Å². The summed E-state index contributed by atoms with van der Waals surface area (Å²) in [5.74, 6) is -0.232. The Balaban J connectivity index is 1.39. The molecule has 0 aliphatic carbocycles. The van der Waals surface area contributed by atoms with Gasteiger partial charge in [-0.05, 0) is 42.0 Å². The molecule has 2 aliphatic rings. The van der Waals surface area contributed by atoms with Crippen LogP contribution in [-0.2, 0) is 21.4 Å². The van der Waals surface area contributed by atoms with E-state index in [-0.39, 0.29) is 17.3 Å². The van der Waals surface area contributed by atoms with Gasteiger partial charge in [0.1, 0.15) is 6.54 Å². The van der Waals surface area contributed by atoms with Crippen molar-refractivity contribution in [3.63, 3.8) is 0 Å². The standard InChI is InChI=1S/C24H25N3O3S/c1-25(16-19-8-2-3-11-20(19)26-14-4-5-15-26)23(28)17-27-21-12-6-9-18-10-7-13-22(24(18)21)31(27,29)30/h2-3,6-13H,4-5,14-17H2,1H3. The molecule has 2 heterocycles. The van der Waals surface area contributed by atoms with E-state index in [1.807, 2.05) is 36.4 Å². The lowest BCUT2D eigenvalue weighted by Crippen LogP contribution is -2.39. The first-order valence-corrected chi connectivity index (χ1v) is 12.0. The lowest BCUT2D eigenvalue weighted by atomic mass is 10.1. The van der Waals surface area contributed by atoms with Crippen molar-refractivity contribution in [1.82, 2.24) is 4.90 Å². The fourth-order valence-corrected chi connectivity index (χ4v) is 6.29. The maximum Gasteiger partial charge on any atom is 0.265 e. The number of benzene rings is 3. The van der Waals surface area contributed by atoms with E-state index in [4.69, 9.17) is 0 Å². The monoisotopic (exact) mass is 435 g/mol. The molecule has 2 aliphatic heterocycles. The fraction of sp³-hybridized carbons (Fsp3) is 0.292. The third-order valence-corrected chi connectivity index (χ3v) is 8.03. The average Bonchev–Trinajstić information content (AvgIpc) is 3.37. The third kappa shape index (κ3) is 3.33. The van der Waals surface area contributed by atoms with Gasteiger partial charge >= 0.3 is 0 Å². The summed E-state index contributed by atoms with van der Waals surface area (Å²) < 4.78 is 27.6. The summed E-state index contributed by atoms with van der Waals surface area (Å²) in [6.07, 6.45) is 2.37. The number of carbonyl (C=O) groups is 1. The number of rotatable bonds is 5. The molecule has 0 aromatic heterocycles. The maximum absolute atomic E-state index is 13.2. The van der Waals surface area contributed by atoms with Crippen LogP contribution < -0.4 is 9.21 Å². The van der Waals surface area contributed by atoms with E-state index in [0.717, 1.165) is 29.7 Å². The van der Waals surface area contributed by atoms with Gasteiger partial charge in [0, 0.05) is 37.8 Å². The van der Waals surface area contributed by atoms with Gasteiger partial charge in [0.15, 0.2) is 0 Å². The Kier molecular flexibility index (Phi) is 4.85. The quantitative estimate of drug-likeness (QED) is 0.614. The van der Waals surface area contributed by atoms with Crippen molar-refractivity contribution in [3.05, 3.63) is 66.2 Å². The first-order valence-electron chi connectivity index (χ1n) is 10.6. The van der Waals surface area contributed by atoms with Crippen molar-refractivity contribution in [1.29, 1.82) is 0 Å². The normalized spacial score (nSPS) is 16.8. The number of carbonyl (C=O) groups excluding carboxylic acids is 1. The highest BCUT2D eigenvalue weighted by Crippen LogP contribution is 2.41. The number of amides is 1. The topological polar surface area (TPSA) is 60.9 Å². The molecule has 0 atom stereocenters. The van der Waals surface area contributed by atoms with Crippen LogP contribution in [0.1, 0.15) is 18.4 Å². The zero-order valence-corrected chi connectivity index (χ0v) is 18.3. The lowest BCUT2D eigenvalue weighted by Gasteiger charge is -2.26. The summed E-state index contributed by atoms with van der Waals surface area (Å²) in [6.45, 7) is 2.29. The largest absolute Gasteiger partial charge is 0.371 e. The minimum absolute atomic E-state index is 0.210. The number of hydrogen-bond acceptors (Lipinski definition) is 4. The molecule has 5 rings (SSSR count). The molecular formula is C24H25N3O3S. The Bertz CT molecular complexity index is 1260. The molecule has 0 radical (unpaired) electrons. The molecule has 0 unspecified atom stereocenters. The molecule has 3 aromatic rings. The molecule has 0 spiro atoms. The highest BCUT2D eigenvalue weighted by Gasteiger charge is 2.37. The van der Waals surface area contributed by atoms with Crippen LogP contribution in [0.2, 0.25) is 0 Å². The van der Waals surface area contributed by atoms with E-state index in [1.54, 1.807) is 30.1 Å². The third-order valence-electron chi connectivity index (χ3n) is 6.23. The van der Waals surface area contributed by atoms with Crippen molar-refractivity contribution in [2.75, 3.05) is 35.9 Å². The Morgan fingerprint density at radius 3 is 2.39 bits per heavy atom. The van der Waals surface area contributed by atoms with Crippen molar-refractivity contribution in [2.45, 2.75) is 24.3 Å². The smallest absolute Gasteiger partial charge is 0.265 e. The van der Waals surface area contributed by atoms with Crippen LogP contribution in [0.3, 0.4) is 0 Å². The fourth-order valence-electron chi connectivity index (χ4n) is 4.63. The van der Waals surface area contributed by atoms with Crippen molar-refractivity contribution >= 4 is 38.1 Å². The molecule has 3 aromatic carbocycles. The van der Waals surface area contributed by atoms with Crippen LogP contribution in [-0.4, -0.2) is 45.9 Å². The van der Waals surface area contributed by atoms with E-state index in [0.29, 0.717) is 17.6 Å². The summed E-state index contributed by atoms with van der Waals surface area (Å²) in [6, 6.07) is 18.9. The predicted octanol–water partition coefficient (Wildman–Crippen LogP) is 3.61. The van der Waals surface area contributed by atoms with Crippen LogP contribution in [0.25, 0.3) is 10.8 Å². The first-order chi connectivity index (χ1) is 15.0. The first kappa shape index (κ1) is 19.9. The number of hydrogen-bond donors (Lipinski definition) is 0. The highest BCUT2D eigenvalue weighted by molar-refractivity contribution is 7.93. The predicted molar refractivity (Wildman–Crippen MR) is 123 cm³/mol. The van der Waals surface area contributed by atoms with Gasteiger partial charge in [-0.25, -0.2) is 8.42 Å². The van der Waals surface area contributed by atoms with Crippen molar-refractivity contribution < 1.29 is 13.2 Å². The molecular weight excluding hydrogens is 410 g/mol. The van der Waals surface area contributed by atoms with E-state index in [9.17, 15) is 13.2 Å². The summed E-state index contributed by atoms with van der Waals surface area (Å²) in [4.78, 5) is 17.3. The number of anilines is 2. The number of para-hydroxylation sites is 1. The summed E-state index contributed by atoms with van der Waals surface area (Å²) >= 11 is 0. The molecule has 31 heavy (non-hydrogen) atoms. The SMILES string of the molecule is CN(Cc1ccccc1N1CCCC1)C(=O)CN1c2cccc3cccc(c23)S1(=O)=O. The lowest BCUT2D eigenvalue weighted by molar-refractivity contribution is -0.128. The average molecular weight is 436 g/mol. The Morgan fingerprint density at radius 2 is 1.61 bits per heavy atom. The molecule has 1 fully saturated rings. The number of nitrogens with zero attached hydrogens (tertiary/aromatic N) is 3. The minimum Gasteiger partial charge on any atom is -0.371 e. The zero-order chi connectivity index (χ0) is 21.6. The zero-order valence-electron chi connectivity index (χ0n) is 17.5. The highest BCUT2D eigenvalue weighted by atomic mass is 32.2. The van der Waals surface area contributed by atoms with E-state index >= 15 is 0 Å². The Morgan fingerprint density at radius 1 is 0.935 bits per heavy atom. The van der Waals surface area contributed by atoms with E-state index in [2.05, 4.69) is 11.0 Å². The van der Waals surface area contributed by atoms with Gasteiger partial charge in [-0.3, -0.25) is 9.10 Å². The minimum atomic E-state index is -3.74. The summed E-state index contributed by atoms with van der Waals surface area (Å²) in [5, 5.41) is 1.56. The van der Waals surface area contributed by atoms with Gasteiger partial charge in [-0.2, -0.15) is 0 Å². The van der Waals surface area contributed by atoms with E-state index in [1.165, 1.54) is 17.1 Å². The molecule has 160 valence electrons. The van der Waals surface area contributed by atoms with Crippen LogP contribution in [0, 0.1) is 0 Å². The molecule has 0 saturated carbocycles. The molecule has 6 nitrogen and oxygen atoms in total. The number of sulfonamides is 1. The van der Waals surface area contributed by atoms with Gasteiger partial charge in [-0.1, -0.05) is 42.5 Å². The van der Waals surface area contributed by atoms with Crippen LogP contribution in [0.15, 0.2) is 65.6 Å². The Hall–Kier alpha value is -3.06. The van der Waals surface area contributed by atoms with Crippen molar-refractivity contribution in [2.24, 2.45) is 0 Å². The van der Waals surface area contributed by atoms with Gasteiger partial charge in [0.25, 0.3) is 10.0 Å². The second-order valence-corrected chi connectivity index (χ2v) is 10.0. The van der Waals surface area contributed by atoms with Gasteiger partial charge < -0.3 is 9.80 Å². The Labute approximate surface area is 182 Å². The molecule has 1 amide bonds.